The Morgan fingerprint density at radius 1 is 1.00 bits per heavy atom. The highest BCUT2D eigenvalue weighted by Crippen LogP contribution is 2.37. The fraction of sp³-hybridized carbons (Fsp3) is 0.0333. The molecule has 1 aliphatic heterocycles. The number of carbonyl (C=O) groups excluding carboxylic acids is 2. The number of anilines is 2. The molecule has 4 aromatic rings. The summed E-state index contributed by atoms with van der Waals surface area (Å²) in [4.78, 5) is 28.0. The van der Waals surface area contributed by atoms with Gasteiger partial charge in [0.2, 0.25) is 0 Å². The number of para-hydroxylation sites is 1. The van der Waals surface area contributed by atoms with E-state index in [1.54, 1.807) is 30.3 Å². The number of thioether (sulfide) groups is 1. The van der Waals surface area contributed by atoms with Crippen LogP contribution in [0.3, 0.4) is 0 Å². The maximum atomic E-state index is 13.4. The zero-order valence-corrected chi connectivity index (χ0v) is 23.5. The van der Waals surface area contributed by atoms with Gasteiger partial charge in [0.05, 0.1) is 10.6 Å². The van der Waals surface area contributed by atoms with Gasteiger partial charge in [-0.2, -0.15) is 0 Å². The molecule has 0 atom stereocenters. The normalized spacial score (nSPS) is 14.1. The number of hydrogen-bond donors (Lipinski definition) is 1. The number of hydrogen-bond acceptors (Lipinski definition) is 5. The summed E-state index contributed by atoms with van der Waals surface area (Å²) in [5.74, 6) is -0.425. The minimum Gasteiger partial charge on any atom is -0.488 e. The van der Waals surface area contributed by atoms with Gasteiger partial charge in [0.1, 0.15) is 18.2 Å². The van der Waals surface area contributed by atoms with Crippen LogP contribution >= 0.6 is 39.9 Å². The fourth-order valence-corrected chi connectivity index (χ4v) is 5.38. The highest BCUT2D eigenvalue weighted by molar-refractivity contribution is 9.10. The van der Waals surface area contributed by atoms with Crippen LogP contribution < -0.4 is 15.0 Å². The first kappa shape index (κ1) is 26.8. The Hall–Kier alpha value is -3.79. The molecule has 194 valence electrons. The van der Waals surface area contributed by atoms with Gasteiger partial charge in [-0.05, 0) is 72.3 Å². The van der Waals surface area contributed by atoms with Gasteiger partial charge in [-0.3, -0.25) is 14.5 Å². The number of carbonyl (C=O) groups is 2. The van der Waals surface area contributed by atoms with Crippen molar-refractivity contribution in [2.75, 3.05) is 10.2 Å². The van der Waals surface area contributed by atoms with Crippen LogP contribution in [0.1, 0.15) is 21.5 Å². The lowest BCUT2D eigenvalue weighted by atomic mass is 10.1. The summed E-state index contributed by atoms with van der Waals surface area (Å²) >= 11 is 10.2. The number of benzene rings is 4. The minimum atomic E-state index is -0.392. The first-order valence-electron chi connectivity index (χ1n) is 11.8. The number of halogens is 2. The van der Waals surface area contributed by atoms with E-state index in [1.165, 1.54) is 40.9 Å². The van der Waals surface area contributed by atoms with Crippen molar-refractivity contribution in [3.63, 3.8) is 0 Å². The first-order chi connectivity index (χ1) is 18.9. The van der Waals surface area contributed by atoms with E-state index in [1.807, 2.05) is 48.5 Å². The van der Waals surface area contributed by atoms with Crippen molar-refractivity contribution in [3.8, 4) is 5.75 Å². The second kappa shape index (κ2) is 11.9. The summed E-state index contributed by atoms with van der Waals surface area (Å²) in [6.07, 6.45) is 1.77. The number of rotatable bonds is 7. The Bertz CT molecular complexity index is 1590. The van der Waals surface area contributed by atoms with Gasteiger partial charge >= 0.3 is 0 Å². The molecule has 0 saturated carbocycles. The number of nitrogens with one attached hydrogen (secondary N) is 1. The molecule has 0 aromatic heterocycles. The number of nitrogens with zero attached hydrogens (tertiary/aromatic N) is 1. The molecule has 5 nitrogen and oxygen atoms in total. The molecule has 39 heavy (non-hydrogen) atoms. The fourth-order valence-electron chi connectivity index (χ4n) is 3.83. The third-order valence-corrected chi connectivity index (χ3v) is 7.61. The van der Waals surface area contributed by atoms with Gasteiger partial charge in [-0.25, -0.2) is 4.39 Å². The molecular formula is C30H20BrFN2O3S2. The van der Waals surface area contributed by atoms with E-state index in [0.717, 1.165) is 15.6 Å². The van der Waals surface area contributed by atoms with E-state index in [-0.39, 0.29) is 11.8 Å². The summed E-state index contributed by atoms with van der Waals surface area (Å²) in [5.41, 5.74) is 3.04. The quantitative estimate of drug-likeness (QED) is 0.169. The van der Waals surface area contributed by atoms with Crippen LogP contribution in [0.15, 0.2) is 106 Å². The summed E-state index contributed by atoms with van der Waals surface area (Å²) in [6, 6.07) is 27.5. The highest BCUT2D eigenvalue weighted by atomic mass is 79.9. The van der Waals surface area contributed by atoms with Gasteiger partial charge in [0.15, 0.2) is 4.32 Å². The Kier molecular flexibility index (Phi) is 8.21. The van der Waals surface area contributed by atoms with Gasteiger partial charge in [-0.15, -0.1) is 0 Å². The Balaban J connectivity index is 1.33. The highest BCUT2D eigenvalue weighted by Gasteiger charge is 2.33. The molecule has 4 aromatic carbocycles. The molecule has 0 spiro atoms. The predicted octanol–water partition coefficient (Wildman–Crippen LogP) is 7.83. The van der Waals surface area contributed by atoms with E-state index in [4.69, 9.17) is 17.0 Å². The molecule has 1 heterocycles. The largest absolute Gasteiger partial charge is 0.488 e. The van der Waals surface area contributed by atoms with Crippen molar-refractivity contribution in [1.29, 1.82) is 0 Å². The van der Waals surface area contributed by atoms with Crippen molar-refractivity contribution in [2.45, 2.75) is 6.61 Å². The number of thiocarbonyl (C=S) groups is 1. The predicted molar refractivity (Wildman–Crippen MR) is 161 cm³/mol. The Labute approximate surface area is 242 Å². The van der Waals surface area contributed by atoms with Gasteiger partial charge in [-0.1, -0.05) is 76.3 Å². The zero-order chi connectivity index (χ0) is 27.4. The molecule has 0 aliphatic carbocycles. The second-order valence-corrected chi connectivity index (χ2v) is 11.1. The van der Waals surface area contributed by atoms with Crippen LogP contribution in [0.25, 0.3) is 6.08 Å². The summed E-state index contributed by atoms with van der Waals surface area (Å²) in [7, 11) is 0. The van der Waals surface area contributed by atoms with Gasteiger partial charge in [0.25, 0.3) is 11.8 Å². The van der Waals surface area contributed by atoms with Gasteiger partial charge < -0.3 is 10.1 Å². The molecule has 0 bridgehead atoms. The molecule has 1 saturated heterocycles. The molecule has 2 amide bonds. The molecular weight excluding hydrogens is 599 g/mol. The van der Waals surface area contributed by atoms with E-state index in [9.17, 15) is 14.0 Å². The summed E-state index contributed by atoms with van der Waals surface area (Å²) in [5, 5.41) is 2.73. The SMILES string of the molecule is O=C(Nc1ccc(F)cc1)c1cccc(N2C(=O)/C(=C\c3ccccc3OCc3ccc(Br)cc3)SC2=S)c1. The minimum absolute atomic E-state index is 0.288. The number of ether oxygens (including phenoxy) is 1. The topological polar surface area (TPSA) is 58.6 Å². The third kappa shape index (κ3) is 6.44. The van der Waals surface area contributed by atoms with Crippen molar-refractivity contribution in [3.05, 3.63) is 129 Å². The lowest BCUT2D eigenvalue weighted by molar-refractivity contribution is -0.113. The lowest BCUT2D eigenvalue weighted by Crippen LogP contribution is -2.27. The molecule has 0 unspecified atom stereocenters. The smallest absolute Gasteiger partial charge is 0.270 e. The second-order valence-electron chi connectivity index (χ2n) is 8.48. The van der Waals surface area contributed by atoms with Crippen molar-refractivity contribution in [1.82, 2.24) is 0 Å². The van der Waals surface area contributed by atoms with E-state index in [2.05, 4.69) is 21.2 Å². The van der Waals surface area contributed by atoms with Crippen LogP contribution in [-0.4, -0.2) is 16.1 Å². The molecule has 9 heteroatoms. The average Bonchev–Trinajstić information content (AvgIpc) is 3.22. The van der Waals surface area contributed by atoms with Crippen LogP contribution in [0, 0.1) is 5.82 Å². The third-order valence-electron chi connectivity index (χ3n) is 5.78. The molecule has 0 radical (unpaired) electrons. The molecule has 1 N–H and O–H groups in total. The monoisotopic (exact) mass is 618 g/mol. The molecule has 5 rings (SSSR count). The van der Waals surface area contributed by atoms with Crippen LogP contribution in [0.5, 0.6) is 5.75 Å². The zero-order valence-electron chi connectivity index (χ0n) is 20.3. The standard InChI is InChI=1S/C30H20BrFN2O3S2/c31-22-10-8-19(9-11-22)18-37-26-7-2-1-4-20(26)17-27-29(36)34(30(38)39-27)25-6-3-5-21(16-25)28(35)33-24-14-12-23(32)13-15-24/h1-17H,18H2,(H,33,35)/b27-17+. The maximum absolute atomic E-state index is 13.4. The van der Waals surface area contributed by atoms with Crippen LogP contribution in [0.4, 0.5) is 15.8 Å². The lowest BCUT2D eigenvalue weighted by Gasteiger charge is -2.15. The summed E-state index contributed by atoms with van der Waals surface area (Å²) < 4.78 is 20.6. The van der Waals surface area contributed by atoms with Gasteiger partial charge in [0, 0.05) is 21.3 Å². The van der Waals surface area contributed by atoms with Crippen molar-refractivity contribution >= 4 is 73.5 Å². The van der Waals surface area contributed by atoms with Crippen molar-refractivity contribution in [2.24, 2.45) is 0 Å². The summed E-state index contributed by atoms with van der Waals surface area (Å²) in [6.45, 7) is 0.381. The number of amides is 2. The van der Waals surface area contributed by atoms with E-state index in [0.29, 0.717) is 38.5 Å². The van der Waals surface area contributed by atoms with E-state index < -0.39 is 5.82 Å². The Morgan fingerprint density at radius 2 is 1.74 bits per heavy atom. The maximum Gasteiger partial charge on any atom is 0.270 e. The van der Waals surface area contributed by atoms with E-state index >= 15 is 0 Å². The molecule has 1 aliphatic rings. The van der Waals surface area contributed by atoms with Crippen LogP contribution in [0.2, 0.25) is 0 Å². The average molecular weight is 620 g/mol. The van der Waals surface area contributed by atoms with Crippen LogP contribution in [-0.2, 0) is 11.4 Å². The van der Waals surface area contributed by atoms with Crippen molar-refractivity contribution < 1.29 is 18.7 Å². The Morgan fingerprint density at radius 3 is 2.51 bits per heavy atom. The molecule has 1 fully saturated rings. The first-order valence-corrected chi connectivity index (χ1v) is 13.8.